The van der Waals surface area contributed by atoms with Crippen LogP contribution in [0.25, 0.3) is 0 Å². The molecule has 3 nitrogen and oxygen atoms in total. The van der Waals surface area contributed by atoms with Crippen molar-refractivity contribution < 1.29 is 0 Å². The minimum atomic E-state index is 0.522. The van der Waals surface area contributed by atoms with Crippen molar-refractivity contribution in [1.82, 2.24) is 9.88 Å². The van der Waals surface area contributed by atoms with E-state index in [1.165, 1.54) is 32.5 Å². The van der Waals surface area contributed by atoms with Gasteiger partial charge in [0.2, 0.25) is 0 Å². The van der Waals surface area contributed by atoms with Crippen molar-refractivity contribution in [2.24, 2.45) is 5.92 Å². The maximum absolute atomic E-state index is 4.14. The zero-order chi connectivity index (χ0) is 12.1. The summed E-state index contributed by atoms with van der Waals surface area (Å²) in [6.45, 7) is 8.21. The first kappa shape index (κ1) is 12.4. The predicted octanol–water partition coefficient (Wildman–Crippen LogP) is 2.61. The van der Waals surface area contributed by atoms with Crippen LogP contribution in [0.2, 0.25) is 0 Å². The molecule has 1 aliphatic heterocycles. The monoisotopic (exact) mass is 233 g/mol. The summed E-state index contributed by atoms with van der Waals surface area (Å²) in [5, 5.41) is 3.57. The van der Waals surface area contributed by atoms with Crippen LogP contribution in [0.1, 0.15) is 26.7 Å². The highest BCUT2D eigenvalue weighted by Crippen LogP contribution is 2.21. The second kappa shape index (κ2) is 6.01. The summed E-state index contributed by atoms with van der Waals surface area (Å²) in [7, 11) is 0. The second-order valence-electron chi connectivity index (χ2n) is 4.97. The lowest BCUT2D eigenvalue weighted by molar-refractivity contribution is 0.172. The largest absolute Gasteiger partial charge is 0.381 e. The molecule has 3 heteroatoms. The number of anilines is 1. The van der Waals surface area contributed by atoms with E-state index in [4.69, 9.17) is 0 Å². The van der Waals surface area contributed by atoms with Gasteiger partial charge in [-0.2, -0.15) is 0 Å². The van der Waals surface area contributed by atoms with Crippen LogP contribution in [0.4, 0.5) is 5.69 Å². The molecule has 2 heterocycles. The molecule has 1 aromatic rings. The molecular formula is C14H23N3. The molecule has 0 amide bonds. The Morgan fingerprint density at radius 2 is 2.47 bits per heavy atom. The molecule has 0 aromatic carbocycles. The smallest absolute Gasteiger partial charge is 0.0528 e. The SMILES string of the molecule is CCN1CCCC(C(C)Nc2cccnc2)C1. The summed E-state index contributed by atoms with van der Waals surface area (Å²) >= 11 is 0. The van der Waals surface area contributed by atoms with Crippen molar-refractivity contribution in [3.8, 4) is 0 Å². The molecule has 1 N–H and O–H groups in total. The molecule has 2 unspecified atom stereocenters. The molecule has 94 valence electrons. The van der Waals surface area contributed by atoms with Crippen molar-refractivity contribution >= 4 is 5.69 Å². The first-order chi connectivity index (χ1) is 8.29. The number of likely N-dealkylation sites (tertiary alicyclic amines) is 1. The van der Waals surface area contributed by atoms with Gasteiger partial charge in [-0.05, 0) is 50.9 Å². The Morgan fingerprint density at radius 3 is 3.18 bits per heavy atom. The fourth-order valence-corrected chi connectivity index (χ4v) is 2.62. The van der Waals surface area contributed by atoms with Crippen LogP contribution in [-0.2, 0) is 0 Å². The fourth-order valence-electron chi connectivity index (χ4n) is 2.62. The Hall–Kier alpha value is -1.09. The molecule has 0 saturated carbocycles. The molecule has 0 spiro atoms. The van der Waals surface area contributed by atoms with Crippen molar-refractivity contribution in [1.29, 1.82) is 0 Å². The lowest BCUT2D eigenvalue weighted by atomic mass is 9.91. The predicted molar refractivity (Wildman–Crippen MR) is 72.2 cm³/mol. The van der Waals surface area contributed by atoms with E-state index in [1.54, 1.807) is 0 Å². The summed E-state index contributed by atoms with van der Waals surface area (Å²) in [5.74, 6) is 0.754. The third kappa shape index (κ3) is 3.43. The van der Waals surface area contributed by atoms with Crippen LogP contribution in [-0.4, -0.2) is 35.6 Å². The zero-order valence-electron chi connectivity index (χ0n) is 10.9. The van der Waals surface area contributed by atoms with Crippen molar-refractivity contribution in [3.63, 3.8) is 0 Å². The van der Waals surface area contributed by atoms with Gasteiger partial charge >= 0.3 is 0 Å². The van der Waals surface area contributed by atoms with E-state index < -0.39 is 0 Å². The van der Waals surface area contributed by atoms with Gasteiger partial charge in [0.1, 0.15) is 0 Å². The molecule has 17 heavy (non-hydrogen) atoms. The minimum absolute atomic E-state index is 0.522. The Morgan fingerprint density at radius 1 is 1.59 bits per heavy atom. The minimum Gasteiger partial charge on any atom is -0.381 e. The number of nitrogens with one attached hydrogen (secondary N) is 1. The zero-order valence-corrected chi connectivity index (χ0v) is 10.9. The van der Waals surface area contributed by atoms with Gasteiger partial charge in [-0.25, -0.2) is 0 Å². The van der Waals surface area contributed by atoms with Gasteiger partial charge < -0.3 is 10.2 Å². The normalized spacial score (nSPS) is 23.3. The summed E-state index contributed by atoms with van der Waals surface area (Å²) in [6.07, 6.45) is 6.38. The van der Waals surface area contributed by atoms with E-state index in [0.717, 1.165) is 11.6 Å². The van der Waals surface area contributed by atoms with E-state index in [1.807, 2.05) is 18.5 Å². The Balaban J connectivity index is 1.89. The Kier molecular flexibility index (Phi) is 4.37. The number of nitrogens with zero attached hydrogens (tertiary/aromatic N) is 2. The molecule has 2 rings (SSSR count). The molecule has 2 atom stereocenters. The number of aromatic nitrogens is 1. The number of piperidine rings is 1. The van der Waals surface area contributed by atoms with E-state index in [2.05, 4.69) is 35.1 Å². The summed E-state index contributed by atoms with van der Waals surface area (Å²) < 4.78 is 0. The number of hydrogen-bond donors (Lipinski definition) is 1. The molecule has 1 fully saturated rings. The topological polar surface area (TPSA) is 28.2 Å². The van der Waals surface area contributed by atoms with Crippen molar-refractivity contribution in [2.75, 3.05) is 25.0 Å². The standard InChI is InChI=1S/C14H23N3/c1-3-17-9-5-6-13(11-17)12(2)16-14-7-4-8-15-10-14/h4,7-8,10,12-13,16H,3,5-6,9,11H2,1-2H3. The molecule has 0 radical (unpaired) electrons. The van der Waals surface area contributed by atoms with Gasteiger partial charge in [0.15, 0.2) is 0 Å². The van der Waals surface area contributed by atoms with Crippen LogP contribution in [0.15, 0.2) is 24.5 Å². The van der Waals surface area contributed by atoms with E-state index in [9.17, 15) is 0 Å². The average Bonchev–Trinajstić information content (AvgIpc) is 2.40. The van der Waals surface area contributed by atoms with Crippen LogP contribution >= 0.6 is 0 Å². The first-order valence-electron chi connectivity index (χ1n) is 6.68. The molecule has 1 aromatic heterocycles. The number of pyridine rings is 1. The van der Waals surface area contributed by atoms with E-state index in [-0.39, 0.29) is 0 Å². The van der Waals surface area contributed by atoms with Crippen LogP contribution in [0, 0.1) is 5.92 Å². The molecule has 1 saturated heterocycles. The van der Waals surface area contributed by atoms with Gasteiger partial charge in [0, 0.05) is 25.0 Å². The fraction of sp³-hybridized carbons (Fsp3) is 0.643. The van der Waals surface area contributed by atoms with E-state index >= 15 is 0 Å². The second-order valence-corrected chi connectivity index (χ2v) is 4.97. The lowest BCUT2D eigenvalue weighted by Gasteiger charge is -2.35. The van der Waals surface area contributed by atoms with Crippen molar-refractivity contribution in [3.05, 3.63) is 24.5 Å². The average molecular weight is 233 g/mol. The summed E-state index contributed by atoms with van der Waals surface area (Å²) in [4.78, 5) is 6.69. The summed E-state index contributed by atoms with van der Waals surface area (Å²) in [5.41, 5.74) is 1.13. The lowest BCUT2D eigenvalue weighted by Crippen LogP contribution is -2.41. The van der Waals surface area contributed by atoms with E-state index in [0.29, 0.717) is 6.04 Å². The first-order valence-corrected chi connectivity index (χ1v) is 6.68. The van der Waals surface area contributed by atoms with Gasteiger partial charge in [0.25, 0.3) is 0 Å². The third-order valence-corrected chi connectivity index (χ3v) is 3.75. The van der Waals surface area contributed by atoms with Gasteiger partial charge in [-0.1, -0.05) is 6.92 Å². The highest BCUT2D eigenvalue weighted by Gasteiger charge is 2.23. The summed E-state index contributed by atoms with van der Waals surface area (Å²) in [6, 6.07) is 4.59. The van der Waals surface area contributed by atoms with Crippen molar-refractivity contribution in [2.45, 2.75) is 32.7 Å². The quantitative estimate of drug-likeness (QED) is 0.866. The maximum atomic E-state index is 4.14. The van der Waals surface area contributed by atoms with Crippen LogP contribution < -0.4 is 5.32 Å². The highest BCUT2D eigenvalue weighted by molar-refractivity contribution is 5.40. The van der Waals surface area contributed by atoms with Gasteiger partial charge in [-0.15, -0.1) is 0 Å². The molecule has 0 bridgehead atoms. The highest BCUT2D eigenvalue weighted by atomic mass is 15.1. The van der Waals surface area contributed by atoms with Crippen LogP contribution in [0.3, 0.4) is 0 Å². The third-order valence-electron chi connectivity index (χ3n) is 3.75. The maximum Gasteiger partial charge on any atom is 0.0528 e. The van der Waals surface area contributed by atoms with Gasteiger partial charge in [0.05, 0.1) is 5.69 Å². The van der Waals surface area contributed by atoms with Crippen LogP contribution in [0.5, 0.6) is 0 Å². The Bertz CT molecular complexity index is 325. The molecule has 0 aliphatic carbocycles. The number of hydrogen-bond acceptors (Lipinski definition) is 3. The molecular weight excluding hydrogens is 210 g/mol. The molecule has 1 aliphatic rings. The Labute approximate surface area is 104 Å². The van der Waals surface area contributed by atoms with Gasteiger partial charge in [-0.3, -0.25) is 4.98 Å². The number of rotatable bonds is 4.